The van der Waals surface area contributed by atoms with Crippen molar-refractivity contribution < 1.29 is 27.6 Å². The first kappa shape index (κ1) is 22.8. The lowest BCUT2D eigenvalue weighted by Gasteiger charge is -2.35. The predicted octanol–water partition coefficient (Wildman–Crippen LogP) is 3.58. The molecule has 2 saturated heterocycles. The number of rotatable bonds is 5. The van der Waals surface area contributed by atoms with Crippen LogP contribution in [0.3, 0.4) is 0 Å². The Balaban J connectivity index is 1.31. The second-order valence-corrected chi connectivity index (χ2v) is 8.07. The van der Waals surface area contributed by atoms with E-state index in [4.69, 9.17) is 0 Å². The van der Waals surface area contributed by atoms with Crippen molar-refractivity contribution in [3.8, 4) is 0 Å². The normalized spacial score (nSPS) is 18.2. The summed E-state index contributed by atoms with van der Waals surface area (Å²) in [5.41, 5.74) is -0.632. The van der Waals surface area contributed by atoms with Gasteiger partial charge in [-0.25, -0.2) is 9.69 Å². The van der Waals surface area contributed by atoms with E-state index in [1.165, 1.54) is 23.1 Å². The molecule has 0 atom stereocenters. The number of urea groups is 1. The van der Waals surface area contributed by atoms with E-state index in [-0.39, 0.29) is 36.8 Å². The zero-order valence-corrected chi connectivity index (χ0v) is 17.7. The molecule has 4 amide bonds. The summed E-state index contributed by atoms with van der Waals surface area (Å²) in [7, 11) is 0. The number of para-hydroxylation sites is 2. The van der Waals surface area contributed by atoms with Crippen LogP contribution in [0, 0.1) is 0 Å². The van der Waals surface area contributed by atoms with Crippen LogP contribution in [0.4, 0.5) is 29.3 Å². The highest BCUT2D eigenvalue weighted by atomic mass is 19.4. The third-order valence-corrected chi connectivity index (χ3v) is 5.88. The summed E-state index contributed by atoms with van der Waals surface area (Å²) in [5.74, 6) is -0.816. The lowest BCUT2D eigenvalue weighted by molar-refractivity contribution is -0.137. The third-order valence-electron chi connectivity index (χ3n) is 5.88. The van der Waals surface area contributed by atoms with Gasteiger partial charge < -0.3 is 10.2 Å². The molecule has 2 aliphatic rings. The molecule has 2 aliphatic heterocycles. The molecule has 0 aliphatic carbocycles. The number of imide groups is 1. The summed E-state index contributed by atoms with van der Waals surface area (Å²) >= 11 is 0. The van der Waals surface area contributed by atoms with E-state index in [1.807, 2.05) is 4.90 Å². The topological polar surface area (TPSA) is 73.0 Å². The highest BCUT2D eigenvalue weighted by Gasteiger charge is 2.41. The molecule has 1 N–H and O–H groups in total. The number of hydrogen-bond acceptors (Lipinski definition) is 4. The Morgan fingerprint density at radius 2 is 1.61 bits per heavy atom. The maximum Gasteiger partial charge on any atom is 0.418 e. The van der Waals surface area contributed by atoms with E-state index >= 15 is 0 Å². The summed E-state index contributed by atoms with van der Waals surface area (Å²) in [6.07, 6.45) is -3.43. The van der Waals surface area contributed by atoms with E-state index in [1.54, 1.807) is 35.2 Å². The van der Waals surface area contributed by atoms with Gasteiger partial charge in [-0.2, -0.15) is 13.2 Å². The number of alkyl halides is 3. The van der Waals surface area contributed by atoms with Gasteiger partial charge in [-0.3, -0.25) is 14.5 Å². The first-order valence-corrected chi connectivity index (χ1v) is 10.6. The fourth-order valence-electron chi connectivity index (χ4n) is 4.26. The van der Waals surface area contributed by atoms with E-state index < -0.39 is 17.6 Å². The number of nitrogens with zero attached hydrogens (tertiary/aromatic N) is 3. The van der Waals surface area contributed by atoms with E-state index in [0.29, 0.717) is 31.6 Å². The van der Waals surface area contributed by atoms with Crippen molar-refractivity contribution in [3.63, 3.8) is 0 Å². The zero-order valence-electron chi connectivity index (χ0n) is 17.7. The number of nitrogens with one attached hydrogen (secondary N) is 1. The standard InChI is InChI=1S/C23H23F3N4O3/c24-23(25,26)18-8-4-5-9-19(18)27-20(31)14-28-12-10-16(11-13-28)29-15-21(32)30(22(29)33)17-6-2-1-3-7-17/h1-9,16H,10-15H2,(H,27,31). The quantitative estimate of drug-likeness (QED) is 0.693. The molecule has 0 saturated carbocycles. The Kier molecular flexibility index (Phi) is 6.37. The predicted molar refractivity (Wildman–Crippen MR) is 116 cm³/mol. The summed E-state index contributed by atoms with van der Waals surface area (Å²) in [6.45, 7) is 0.930. The lowest BCUT2D eigenvalue weighted by Crippen LogP contribution is -2.48. The Labute approximate surface area is 188 Å². The number of carbonyl (C=O) groups is 3. The van der Waals surface area contributed by atoms with Crippen LogP contribution >= 0.6 is 0 Å². The number of carbonyl (C=O) groups excluding carboxylic acids is 3. The van der Waals surface area contributed by atoms with Crippen LogP contribution in [0.1, 0.15) is 18.4 Å². The summed E-state index contributed by atoms with van der Waals surface area (Å²) < 4.78 is 39.4. The maximum atomic E-state index is 13.1. The minimum absolute atomic E-state index is 0.00705. The zero-order chi connectivity index (χ0) is 23.6. The van der Waals surface area contributed by atoms with Crippen LogP contribution in [0.25, 0.3) is 0 Å². The molecule has 2 heterocycles. The Morgan fingerprint density at radius 3 is 2.27 bits per heavy atom. The van der Waals surface area contributed by atoms with Crippen molar-refractivity contribution >= 4 is 29.2 Å². The average Bonchev–Trinajstić information content (AvgIpc) is 3.08. The molecule has 0 radical (unpaired) electrons. The van der Waals surface area contributed by atoms with Crippen molar-refractivity contribution in [1.29, 1.82) is 0 Å². The maximum absolute atomic E-state index is 13.1. The Hall–Kier alpha value is -3.40. The number of halogens is 3. The second kappa shape index (κ2) is 9.22. The van der Waals surface area contributed by atoms with Gasteiger partial charge in [-0.15, -0.1) is 0 Å². The van der Waals surface area contributed by atoms with Crippen molar-refractivity contribution in [2.45, 2.75) is 25.1 Å². The number of hydrogen-bond donors (Lipinski definition) is 1. The van der Waals surface area contributed by atoms with Gasteiger partial charge in [0.05, 0.1) is 23.5 Å². The third kappa shape index (κ3) is 5.00. The van der Waals surface area contributed by atoms with Gasteiger partial charge in [0.25, 0.3) is 5.91 Å². The van der Waals surface area contributed by atoms with E-state index in [9.17, 15) is 27.6 Å². The monoisotopic (exact) mass is 460 g/mol. The number of anilines is 2. The van der Waals surface area contributed by atoms with Gasteiger partial charge in [0.1, 0.15) is 6.54 Å². The fourth-order valence-corrected chi connectivity index (χ4v) is 4.26. The molecule has 7 nitrogen and oxygen atoms in total. The molecule has 2 fully saturated rings. The van der Waals surface area contributed by atoms with Crippen molar-refractivity contribution in [1.82, 2.24) is 9.80 Å². The molecule has 174 valence electrons. The second-order valence-electron chi connectivity index (χ2n) is 8.07. The highest BCUT2D eigenvalue weighted by Crippen LogP contribution is 2.34. The minimum atomic E-state index is -4.56. The van der Waals surface area contributed by atoms with E-state index in [0.717, 1.165) is 6.07 Å². The molecular formula is C23H23F3N4O3. The van der Waals surface area contributed by atoms with Crippen LogP contribution in [-0.2, 0) is 15.8 Å². The SMILES string of the molecule is O=C(CN1CCC(N2CC(=O)N(c3ccccc3)C2=O)CC1)Nc1ccccc1C(F)(F)F. The molecule has 33 heavy (non-hydrogen) atoms. The van der Waals surface area contributed by atoms with Gasteiger partial charge in [0, 0.05) is 19.1 Å². The van der Waals surface area contributed by atoms with Gasteiger partial charge >= 0.3 is 12.2 Å². The fraction of sp³-hybridized carbons (Fsp3) is 0.348. The number of likely N-dealkylation sites (tertiary alicyclic amines) is 1. The molecule has 0 spiro atoms. The number of benzene rings is 2. The molecule has 0 unspecified atom stereocenters. The smallest absolute Gasteiger partial charge is 0.324 e. The van der Waals surface area contributed by atoms with Crippen LogP contribution in [0.5, 0.6) is 0 Å². The lowest BCUT2D eigenvalue weighted by atomic mass is 10.0. The van der Waals surface area contributed by atoms with Crippen LogP contribution in [-0.4, -0.2) is 59.9 Å². The molecular weight excluding hydrogens is 437 g/mol. The largest absolute Gasteiger partial charge is 0.418 e. The Morgan fingerprint density at radius 1 is 0.970 bits per heavy atom. The number of piperidine rings is 1. The van der Waals surface area contributed by atoms with Crippen LogP contribution < -0.4 is 10.2 Å². The van der Waals surface area contributed by atoms with Crippen molar-refractivity contribution in [2.24, 2.45) is 0 Å². The molecule has 2 aromatic rings. The highest BCUT2D eigenvalue weighted by molar-refractivity contribution is 6.19. The van der Waals surface area contributed by atoms with Gasteiger partial charge in [-0.05, 0) is 37.1 Å². The van der Waals surface area contributed by atoms with Crippen molar-refractivity contribution in [2.75, 3.05) is 36.4 Å². The summed E-state index contributed by atoms with van der Waals surface area (Å²) in [4.78, 5) is 42.2. The van der Waals surface area contributed by atoms with Crippen molar-refractivity contribution in [3.05, 3.63) is 60.2 Å². The molecule has 2 aromatic carbocycles. The van der Waals surface area contributed by atoms with Gasteiger partial charge in [0.15, 0.2) is 0 Å². The molecule has 10 heteroatoms. The molecule has 0 bridgehead atoms. The molecule has 4 rings (SSSR count). The van der Waals surface area contributed by atoms with Crippen LogP contribution in [0.15, 0.2) is 54.6 Å². The number of amides is 4. The molecule has 0 aromatic heterocycles. The van der Waals surface area contributed by atoms with Gasteiger partial charge in [0.2, 0.25) is 5.91 Å². The minimum Gasteiger partial charge on any atom is -0.324 e. The average molecular weight is 460 g/mol. The van der Waals surface area contributed by atoms with Gasteiger partial charge in [-0.1, -0.05) is 30.3 Å². The Bertz CT molecular complexity index is 1040. The summed E-state index contributed by atoms with van der Waals surface area (Å²) in [5, 5.41) is 2.35. The van der Waals surface area contributed by atoms with Crippen LogP contribution in [0.2, 0.25) is 0 Å². The first-order valence-electron chi connectivity index (χ1n) is 10.6. The van der Waals surface area contributed by atoms with E-state index in [2.05, 4.69) is 5.32 Å². The first-order chi connectivity index (χ1) is 15.7. The summed E-state index contributed by atoms with van der Waals surface area (Å²) in [6, 6.07) is 13.1.